The smallest absolute Gasteiger partial charge is 0.318 e. The van der Waals surface area contributed by atoms with Crippen LogP contribution < -0.4 is 0 Å². The number of benzene rings is 2. The van der Waals surface area contributed by atoms with Gasteiger partial charge in [0.2, 0.25) is 0 Å². The molecule has 7 fully saturated rings. The molecule has 4 heterocycles. The molecular weight excluding hydrogens is 749 g/mol. The van der Waals surface area contributed by atoms with Gasteiger partial charge in [-0.05, 0) is 92.3 Å². The highest BCUT2D eigenvalue weighted by molar-refractivity contribution is 6.48. The zero-order valence-corrected chi connectivity index (χ0v) is 37.2. The number of hydrogen-bond acceptors (Lipinski definition) is 9. The van der Waals surface area contributed by atoms with E-state index in [1.807, 2.05) is 74.5 Å². The molecule has 4 aliphatic carbocycles. The summed E-state index contributed by atoms with van der Waals surface area (Å²) in [6, 6.07) is 19.9. The maximum atomic E-state index is 16.2. The van der Waals surface area contributed by atoms with Crippen LogP contribution in [-0.2, 0) is 42.4 Å². The Balaban J connectivity index is 1.19. The van der Waals surface area contributed by atoms with Gasteiger partial charge in [0.15, 0.2) is 21.2 Å². The Morgan fingerprint density at radius 1 is 0.931 bits per heavy atom. The molecule has 10 rings (SSSR count). The van der Waals surface area contributed by atoms with Crippen LogP contribution in [0.2, 0.25) is 13.1 Å². The third kappa shape index (κ3) is 5.47. The topological polar surface area (TPSA) is 98.8 Å². The molecule has 314 valence electrons. The highest BCUT2D eigenvalue weighted by Crippen LogP contribution is 2.83. The molecule has 8 aliphatic rings. The Labute approximate surface area is 346 Å². The van der Waals surface area contributed by atoms with E-state index in [0.29, 0.717) is 12.3 Å². The highest BCUT2D eigenvalue weighted by atomic mass is 28.3. The predicted octanol–water partition coefficient (Wildman–Crippen LogP) is 8.77. The Kier molecular flexibility index (Phi) is 9.76. The summed E-state index contributed by atoms with van der Waals surface area (Å²) < 4.78 is 48.6. The van der Waals surface area contributed by atoms with E-state index in [4.69, 9.17) is 32.8 Å². The summed E-state index contributed by atoms with van der Waals surface area (Å²) in [6.07, 6.45) is 4.55. The molecule has 0 spiro atoms. The molecule has 0 aromatic heterocycles. The van der Waals surface area contributed by atoms with E-state index in [1.165, 1.54) is 6.29 Å². The monoisotopic (exact) mass is 812 g/mol. The summed E-state index contributed by atoms with van der Waals surface area (Å²) in [7, 11) is -1.74. The van der Waals surface area contributed by atoms with Crippen LogP contribution in [-0.4, -0.2) is 64.3 Å². The molecule has 13 atom stereocenters. The van der Waals surface area contributed by atoms with Crippen molar-refractivity contribution < 1.29 is 42.4 Å². The first-order valence-corrected chi connectivity index (χ1v) is 24.8. The van der Waals surface area contributed by atoms with E-state index >= 15 is 4.79 Å². The van der Waals surface area contributed by atoms with Crippen LogP contribution in [0.15, 0.2) is 72.3 Å². The van der Waals surface area contributed by atoms with Crippen LogP contribution in [0.4, 0.5) is 0 Å². The minimum absolute atomic E-state index is 0.0139. The van der Waals surface area contributed by atoms with Crippen LogP contribution in [0.25, 0.3) is 0 Å². The lowest BCUT2D eigenvalue weighted by Crippen LogP contribution is -2.66. The van der Waals surface area contributed by atoms with Crippen LogP contribution in [0, 0.1) is 57.2 Å². The quantitative estimate of drug-likeness (QED) is 0.0851. The van der Waals surface area contributed by atoms with Crippen molar-refractivity contribution in [1.82, 2.24) is 0 Å². The van der Waals surface area contributed by atoms with Gasteiger partial charge < -0.3 is 32.9 Å². The fraction of sp³-hybridized carbons (Fsp3) is 0.667. The molecule has 4 saturated heterocycles. The van der Waals surface area contributed by atoms with Gasteiger partial charge >= 0.3 is 11.9 Å². The third-order valence-corrected chi connectivity index (χ3v) is 16.2. The van der Waals surface area contributed by atoms with Crippen LogP contribution in [0.3, 0.4) is 0 Å². The Bertz CT molecular complexity index is 1890. The summed E-state index contributed by atoms with van der Waals surface area (Å²) in [4.78, 5) is 30.6. The summed E-state index contributed by atoms with van der Waals surface area (Å²) in [6.45, 7) is 21.5. The molecular formula is C48H64O9Si. The van der Waals surface area contributed by atoms with Crippen molar-refractivity contribution in [2.45, 2.75) is 137 Å². The van der Waals surface area contributed by atoms with Crippen molar-refractivity contribution in [3.05, 3.63) is 83.4 Å². The van der Waals surface area contributed by atoms with Crippen LogP contribution in [0.1, 0.15) is 98.3 Å². The summed E-state index contributed by atoms with van der Waals surface area (Å²) in [5.41, 5.74) is -0.670. The van der Waals surface area contributed by atoms with Gasteiger partial charge in [-0.3, -0.25) is 9.53 Å². The molecule has 9 nitrogen and oxygen atoms in total. The predicted molar refractivity (Wildman–Crippen MR) is 220 cm³/mol. The van der Waals surface area contributed by atoms with Crippen molar-refractivity contribution >= 4 is 21.3 Å². The van der Waals surface area contributed by atoms with E-state index in [-0.39, 0.29) is 42.4 Å². The maximum Gasteiger partial charge on any atom is 0.318 e. The minimum Gasteiger partial charge on any atom is -0.452 e. The number of esters is 1. The number of carbonyl (C=O) groups excluding carboxylic acids is 2. The zero-order valence-electron chi connectivity index (χ0n) is 36.1. The van der Waals surface area contributed by atoms with Crippen LogP contribution in [0.5, 0.6) is 0 Å². The van der Waals surface area contributed by atoms with Gasteiger partial charge in [0, 0.05) is 5.41 Å². The Morgan fingerprint density at radius 2 is 1.59 bits per heavy atom. The lowest BCUT2D eigenvalue weighted by atomic mass is 9.43. The van der Waals surface area contributed by atoms with Gasteiger partial charge in [0.05, 0.1) is 24.0 Å². The number of allylic oxidation sites excluding steroid dienone is 1. The zero-order chi connectivity index (χ0) is 41.2. The van der Waals surface area contributed by atoms with E-state index < -0.39 is 73.0 Å². The Hall–Kier alpha value is -2.70. The fourth-order valence-corrected chi connectivity index (χ4v) is 14.5. The standard InChI is InChI=1S/C48H64O9Si/c1-28(2)36-23-33-24-44(26-49)35-22-21-30(5)34(35)25-45(33,46(36,44)42(50)53-37(31-17-13-11-14-18-31)32-19-15-12-16-20-32)27-51-47-40(43(6,7)8)38-39(52-29(3)4)41(55-47)48(54-38,56-47)57-58(9)10/h11-20,23,26,28-30,33-35,37-41,58H,21-22,24-25,27H2,1-10H3. The van der Waals surface area contributed by atoms with Crippen LogP contribution >= 0.6 is 0 Å². The average Bonchev–Trinajstić information content (AvgIpc) is 3.86. The van der Waals surface area contributed by atoms with Gasteiger partial charge in [0.25, 0.3) is 5.97 Å². The molecule has 0 amide bonds. The molecule has 3 saturated carbocycles. The van der Waals surface area contributed by atoms with E-state index in [0.717, 1.165) is 36.0 Å². The summed E-state index contributed by atoms with van der Waals surface area (Å²) in [5, 5.41) is 0. The van der Waals surface area contributed by atoms with Gasteiger partial charge in [-0.25, -0.2) is 0 Å². The van der Waals surface area contributed by atoms with Crippen molar-refractivity contribution in [2.24, 2.45) is 57.2 Å². The number of hydrogen-bond donors (Lipinski definition) is 0. The second-order valence-corrected chi connectivity index (χ2v) is 23.0. The molecule has 0 N–H and O–H groups in total. The summed E-state index contributed by atoms with van der Waals surface area (Å²) in [5.74, 6) is -3.12. The number of carbonyl (C=O) groups is 2. The summed E-state index contributed by atoms with van der Waals surface area (Å²) >= 11 is 0. The number of rotatable bonds is 13. The van der Waals surface area contributed by atoms with E-state index in [2.05, 4.69) is 60.7 Å². The number of aldehydes is 1. The molecule has 2 aromatic rings. The normalized spacial score (nSPS) is 41.9. The highest BCUT2D eigenvalue weighted by Gasteiger charge is 2.86. The molecule has 0 radical (unpaired) electrons. The van der Waals surface area contributed by atoms with Gasteiger partial charge in [-0.2, -0.15) is 0 Å². The lowest BCUT2D eigenvalue weighted by molar-refractivity contribution is -0.492. The maximum absolute atomic E-state index is 16.2. The largest absolute Gasteiger partial charge is 0.452 e. The first kappa shape index (κ1) is 40.7. The SMILES string of the molecule is CC(C)OC1C2OC3(O[SiH](C)C)OC(OCC45CC6C(C)CCC6C6(C=O)CC4C=C(C(C)C)C65C(=O)OC(c4ccccc4)c4ccccc4)(OC13)C2C(C)(C)C. The molecule has 8 bridgehead atoms. The van der Waals surface area contributed by atoms with Crippen molar-refractivity contribution in [2.75, 3.05) is 6.61 Å². The van der Waals surface area contributed by atoms with Crippen molar-refractivity contribution in [3.8, 4) is 0 Å². The Morgan fingerprint density at radius 3 is 2.16 bits per heavy atom. The molecule has 13 unspecified atom stereocenters. The van der Waals surface area contributed by atoms with Gasteiger partial charge in [-0.1, -0.05) is 120 Å². The van der Waals surface area contributed by atoms with Gasteiger partial charge in [-0.15, -0.1) is 0 Å². The number of ether oxygens (including phenoxy) is 6. The van der Waals surface area contributed by atoms with Crippen molar-refractivity contribution in [3.63, 3.8) is 0 Å². The van der Waals surface area contributed by atoms with E-state index in [9.17, 15) is 4.79 Å². The second kappa shape index (κ2) is 13.9. The first-order chi connectivity index (χ1) is 27.5. The average molecular weight is 813 g/mol. The first-order valence-electron chi connectivity index (χ1n) is 22.0. The second-order valence-electron chi connectivity index (χ2n) is 20.7. The molecule has 58 heavy (non-hydrogen) atoms. The van der Waals surface area contributed by atoms with E-state index in [1.54, 1.807) is 0 Å². The minimum atomic E-state index is -1.74. The fourth-order valence-electron chi connectivity index (χ4n) is 13.6. The molecule has 10 heteroatoms. The number of fused-ring (bicyclic) bond motifs is 2. The van der Waals surface area contributed by atoms with Gasteiger partial charge in [0.1, 0.15) is 23.9 Å². The third-order valence-electron chi connectivity index (χ3n) is 15.4. The van der Waals surface area contributed by atoms with Crippen molar-refractivity contribution in [1.29, 1.82) is 0 Å². The lowest BCUT2D eigenvalue weighted by Gasteiger charge is -2.59. The molecule has 2 aromatic carbocycles. The molecule has 4 aliphatic heterocycles.